The van der Waals surface area contributed by atoms with Crippen LogP contribution in [0.5, 0.6) is 0 Å². The Hall–Kier alpha value is -0.310. The minimum Gasteiger partial charge on any atom is -0.363 e. The summed E-state index contributed by atoms with van der Waals surface area (Å²) in [5.41, 5.74) is -1.05. The summed E-state index contributed by atoms with van der Waals surface area (Å²) >= 11 is 1.83. The summed E-state index contributed by atoms with van der Waals surface area (Å²) < 4.78 is 30.2. The van der Waals surface area contributed by atoms with Crippen LogP contribution >= 0.6 is 11.8 Å². The smallest absolute Gasteiger partial charge is 0.255 e. The number of thioether (sulfide) groups is 1. The largest absolute Gasteiger partial charge is 0.363 e. The van der Waals surface area contributed by atoms with Crippen molar-refractivity contribution in [1.29, 1.82) is 0 Å². The molecule has 2 fully saturated rings. The first kappa shape index (κ1) is 15.1. The van der Waals surface area contributed by atoms with Crippen LogP contribution in [0.1, 0.15) is 6.92 Å². The molecule has 0 radical (unpaired) electrons. The van der Waals surface area contributed by atoms with E-state index in [2.05, 4.69) is 0 Å². The number of hydrogen-bond donors (Lipinski definition) is 0. The number of nitrogens with zero attached hydrogens (tertiary/aromatic N) is 2. The zero-order valence-corrected chi connectivity index (χ0v) is 12.9. The average molecular weight is 308 g/mol. The van der Waals surface area contributed by atoms with Crippen molar-refractivity contribution in [3.63, 3.8) is 0 Å². The van der Waals surface area contributed by atoms with Crippen LogP contribution in [-0.4, -0.2) is 79.7 Å². The predicted molar refractivity (Wildman–Crippen MR) is 74.7 cm³/mol. The van der Waals surface area contributed by atoms with Crippen LogP contribution in [0, 0.1) is 0 Å². The highest BCUT2D eigenvalue weighted by Gasteiger charge is 2.44. The highest BCUT2D eigenvalue weighted by atomic mass is 32.2. The molecule has 2 saturated heterocycles. The van der Waals surface area contributed by atoms with Gasteiger partial charge in [0.25, 0.3) is 5.91 Å². The van der Waals surface area contributed by atoms with Crippen molar-refractivity contribution in [3.05, 3.63) is 0 Å². The topological polar surface area (TPSA) is 66.9 Å². The number of carbonyl (C=O) groups excluding carboxylic acids is 1. The van der Waals surface area contributed by atoms with Gasteiger partial charge in [0.05, 0.1) is 19.4 Å². The minimum absolute atomic E-state index is 0.0962. The fourth-order valence-electron chi connectivity index (χ4n) is 2.35. The third kappa shape index (κ3) is 3.42. The molecule has 0 saturated carbocycles. The summed E-state index contributed by atoms with van der Waals surface area (Å²) in [4.78, 5) is 14.3. The fourth-order valence-corrected chi connectivity index (χ4v) is 4.14. The Bertz CT molecular complexity index is 448. The van der Waals surface area contributed by atoms with Crippen LogP contribution in [0.15, 0.2) is 0 Å². The molecule has 0 aromatic heterocycles. The molecular formula is C11H20N2O4S2. The third-order valence-electron chi connectivity index (χ3n) is 3.46. The van der Waals surface area contributed by atoms with Gasteiger partial charge in [-0.15, -0.1) is 0 Å². The molecule has 0 spiro atoms. The Morgan fingerprint density at radius 3 is 2.47 bits per heavy atom. The number of amides is 1. The van der Waals surface area contributed by atoms with Crippen molar-refractivity contribution < 1.29 is 17.9 Å². The zero-order chi connectivity index (χ0) is 14.1. The standard InChI is InChI=1S/C11H20N2O4S2/c1-11(10(14)12-4-7-18-8-5-12)9-13(3-6-17-11)19(2,15)16/h3-9H2,1-2H3/t11-/m0/s1. The lowest BCUT2D eigenvalue weighted by atomic mass is 10.0. The summed E-state index contributed by atoms with van der Waals surface area (Å²) in [5.74, 6) is 1.76. The Kier molecular flexibility index (Phi) is 4.44. The molecular weight excluding hydrogens is 288 g/mol. The highest BCUT2D eigenvalue weighted by molar-refractivity contribution is 7.99. The zero-order valence-electron chi connectivity index (χ0n) is 11.3. The van der Waals surface area contributed by atoms with Crippen molar-refractivity contribution in [1.82, 2.24) is 9.21 Å². The molecule has 0 aromatic carbocycles. The van der Waals surface area contributed by atoms with Gasteiger partial charge in [0.15, 0.2) is 5.60 Å². The van der Waals surface area contributed by atoms with Gasteiger partial charge in [0.2, 0.25) is 10.0 Å². The SMILES string of the molecule is C[C@@]1(C(=O)N2CCSCC2)CN(S(C)(=O)=O)CCO1. The molecule has 6 nitrogen and oxygen atoms in total. The predicted octanol–water partition coefficient (Wildman–Crippen LogP) is -0.388. The fraction of sp³-hybridized carbons (Fsp3) is 0.909. The van der Waals surface area contributed by atoms with Crippen LogP contribution in [0.25, 0.3) is 0 Å². The average Bonchev–Trinajstić information content (AvgIpc) is 2.38. The quantitative estimate of drug-likeness (QED) is 0.695. The van der Waals surface area contributed by atoms with Crippen molar-refractivity contribution in [2.45, 2.75) is 12.5 Å². The van der Waals surface area contributed by atoms with Crippen LogP contribution in [0.3, 0.4) is 0 Å². The van der Waals surface area contributed by atoms with Gasteiger partial charge in [-0.1, -0.05) is 0 Å². The molecule has 1 atom stereocenters. The molecule has 0 bridgehead atoms. The molecule has 19 heavy (non-hydrogen) atoms. The van der Waals surface area contributed by atoms with E-state index in [1.54, 1.807) is 11.8 Å². The van der Waals surface area contributed by atoms with Gasteiger partial charge >= 0.3 is 0 Å². The molecule has 0 aromatic rings. The summed E-state index contributed by atoms with van der Waals surface area (Å²) in [5, 5.41) is 0. The van der Waals surface area contributed by atoms with Gasteiger partial charge < -0.3 is 9.64 Å². The number of rotatable bonds is 2. The van der Waals surface area contributed by atoms with E-state index < -0.39 is 15.6 Å². The summed E-state index contributed by atoms with van der Waals surface area (Å²) in [7, 11) is -3.28. The minimum atomic E-state index is -3.28. The molecule has 2 aliphatic rings. The second-order valence-electron chi connectivity index (χ2n) is 5.08. The molecule has 1 amide bonds. The maximum atomic E-state index is 12.5. The molecule has 0 aliphatic carbocycles. The highest BCUT2D eigenvalue weighted by Crippen LogP contribution is 2.23. The van der Waals surface area contributed by atoms with E-state index in [0.717, 1.165) is 11.5 Å². The van der Waals surface area contributed by atoms with E-state index in [-0.39, 0.29) is 19.1 Å². The number of sulfonamides is 1. The Labute approximate surface area is 118 Å². The van der Waals surface area contributed by atoms with Gasteiger partial charge in [-0.05, 0) is 6.92 Å². The summed E-state index contributed by atoms with van der Waals surface area (Å²) in [6, 6.07) is 0. The lowest BCUT2D eigenvalue weighted by Crippen LogP contribution is -2.60. The molecule has 110 valence electrons. The van der Waals surface area contributed by atoms with E-state index in [9.17, 15) is 13.2 Å². The number of hydrogen-bond acceptors (Lipinski definition) is 5. The Morgan fingerprint density at radius 1 is 1.26 bits per heavy atom. The molecule has 2 aliphatic heterocycles. The molecule has 0 unspecified atom stereocenters. The van der Waals surface area contributed by atoms with Crippen molar-refractivity contribution in [3.8, 4) is 0 Å². The maximum absolute atomic E-state index is 12.5. The monoisotopic (exact) mass is 308 g/mol. The summed E-state index contributed by atoms with van der Waals surface area (Å²) in [6.45, 7) is 3.79. The number of ether oxygens (including phenoxy) is 1. The second-order valence-corrected chi connectivity index (χ2v) is 8.29. The lowest BCUT2D eigenvalue weighted by molar-refractivity contribution is -0.163. The van der Waals surface area contributed by atoms with Gasteiger partial charge in [-0.3, -0.25) is 4.79 Å². The normalized spacial score (nSPS) is 30.3. The van der Waals surface area contributed by atoms with Crippen molar-refractivity contribution in [2.24, 2.45) is 0 Å². The van der Waals surface area contributed by atoms with Crippen molar-refractivity contribution in [2.75, 3.05) is 50.5 Å². The first-order chi connectivity index (χ1) is 8.83. The third-order valence-corrected chi connectivity index (χ3v) is 5.65. The Morgan fingerprint density at radius 2 is 1.89 bits per heavy atom. The summed E-state index contributed by atoms with van der Waals surface area (Å²) in [6.07, 6.45) is 1.17. The van der Waals surface area contributed by atoms with Gasteiger partial charge in [0, 0.05) is 31.1 Å². The van der Waals surface area contributed by atoms with Crippen LogP contribution in [-0.2, 0) is 19.6 Å². The first-order valence-electron chi connectivity index (χ1n) is 6.29. The molecule has 0 N–H and O–H groups in total. The van der Waals surface area contributed by atoms with E-state index >= 15 is 0 Å². The van der Waals surface area contributed by atoms with Crippen LogP contribution in [0.2, 0.25) is 0 Å². The lowest BCUT2D eigenvalue weighted by Gasteiger charge is -2.41. The van der Waals surface area contributed by atoms with Gasteiger partial charge in [0.1, 0.15) is 0 Å². The van der Waals surface area contributed by atoms with Gasteiger partial charge in [-0.2, -0.15) is 16.1 Å². The Balaban J connectivity index is 2.10. The van der Waals surface area contributed by atoms with E-state index in [1.165, 1.54) is 10.6 Å². The number of carbonyl (C=O) groups is 1. The van der Waals surface area contributed by atoms with Crippen LogP contribution < -0.4 is 0 Å². The van der Waals surface area contributed by atoms with E-state index in [1.807, 2.05) is 11.8 Å². The second kappa shape index (κ2) is 5.59. The van der Waals surface area contributed by atoms with Gasteiger partial charge in [-0.25, -0.2) is 8.42 Å². The van der Waals surface area contributed by atoms with E-state index in [4.69, 9.17) is 4.74 Å². The first-order valence-corrected chi connectivity index (χ1v) is 9.29. The van der Waals surface area contributed by atoms with Crippen LogP contribution in [0.4, 0.5) is 0 Å². The molecule has 8 heteroatoms. The number of morpholine rings is 1. The van der Waals surface area contributed by atoms with E-state index in [0.29, 0.717) is 19.6 Å². The molecule has 2 rings (SSSR count). The van der Waals surface area contributed by atoms with Crippen molar-refractivity contribution >= 4 is 27.7 Å². The molecule has 2 heterocycles. The maximum Gasteiger partial charge on any atom is 0.255 e.